The molecule has 118 valence electrons. The van der Waals surface area contributed by atoms with Gasteiger partial charge in [0.1, 0.15) is 4.90 Å². The molecule has 1 unspecified atom stereocenters. The van der Waals surface area contributed by atoms with E-state index in [-0.39, 0.29) is 10.9 Å². The summed E-state index contributed by atoms with van der Waals surface area (Å²) in [5.74, 6) is 0. The first-order valence-electron chi connectivity index (χ1n) is 7.42. The molecule has 0 bridgehead atoms. The number of nitrogens with one attached hydrogen (secondary N) is 1. The Morgan fingerprint density at radius 1 is 1.38 bits per heavy atom. The molecule has 1 aliphatic rings. The van der Waals surface area contributed by atoms with Gasteiger partial charge in [0, 0.05) is 44.6 Å². The van der Waals surface area contributed by atoms with E-state index in [2.05, 4.69) is 29.0 Å². The van der Waals surface area contributed by atoms with Crippen LogP contribution in [0.5, 0.6) is 0 Å². The SMILES string of the molecule is CCNc1ccncc1S(=O)(=O)N1CCN(CC)C(C)C1. The molecular formula is C14H24N4O2S. The summed E-state index contributed by atoms with van der Waals surface area (Å²) in [6.45, 7) is 9.56. The maximum Gasteiger partial charge on any atom is 0.246 e. The van der Waals surface area contributed by atoms with Crippen molar-refractivity contribution in [1.82, 2.24) is 14.2 Å². The lowest BCUT2D eigenvalue weighted by atomic mass is 10.2. The fourth-order valence-corrected chi connectivity index (χ4v) is 4.34. The molecule has 1 aromatic heterocycles. The lowest BCUT2D eigenvalue weighted by molar-refractivity contribution is 0.135. The Balaban J connectivity index is 2.27. The topological polar surface area (TPSA) is 65.5 Å². The first-order valence-corrected chi connectivity index (χ1v) is 8.86. The zero-order valence-electron chi connectivity index (χ0n) is 12.9. The van der Waals surface area contributed by atoms with Crippen LogP contribution in [-0.4, -0.2) is 61.4 Å². The maximum atomic E-state index is 12.9. The molecule has 0 spiro atoms. The van der Waals surface area contributed by atoms with E-state index in [1.54, 1.807) is 16.6 Å². The van der Waals surface area contributed by atoms with Crippen molar-refractivity contribution in [3.05, 3.63) is 18.5 Å². The highest BCUT2D eigenvalue weighted by molar-refractivity contribution is 7.89. The molecule has 1 aliphatic heterocycles. The number of hydrogen-bond acceptors (Lipinski definition) is 5. The third kappa shape index (κ3) is 3.36. The van der Waals surface area contributed by atoms with E-state index >= 15 is 0 Å². The standard InChI is InChI=1S/C14H24N4O2S/c1-4-16-13-6-7-15-10-14(13)21(19,20)18-9-8-17(5-2)12(3)11-18/h6-7,10,12H,4-5,8-9,11H2,1-3H3,(H,15,16). The average molecular weight is 312 g/mol. The van der Waals surface area contributed by atoms with Crippen molar-refractivity contribution in [2.24, 2.45) is 0 Å². The molecule has 0 amide bonds. The smallest absolute Gasteiger partial charge is 0.246 e. The van der Waals surface area contributed by atoms with E-state index < -0.39 is 10.0 Å². The van der Waals surface area contributed by atoms with Crippen LogP contribution in [0, 0.1) is 0 Å². The number of likely N-dealkylation sites (N-methyl/N-ethyl adjacent to an activating group) is 1. The van der Waals surface area contributed by atoms with Crippen LogP contribution in [0.4, 0.5) is 5.69 Å². The fourth-order valence-electron chi connectivity index (χ4n) is 2.71. The summed E-state index contributed by atoms with van der Waals surface area (Å²) in [6.07, 6.45) is 3.04. The van der Waals surface area contributed by atoms with E-state index in [1.165, 1.54) is 6.20 Å². The second kappa shape index (κ2) is 6.72. The van der Waals surface area contributed by atoms with Gasteiger partial charge in [-0.25, -0.2) is 8.42 Å². The van der Waals surface area contributed by atoms with Crippen LogP contribution < -0.4 is 5.32 Å². The number of piperazine rings is 1. The molecule has 1 fully saturated rings. The highest BCUT2D eigenvalue weighted by atomic mass is 32.2. The molecule has 2 heterocycles. The van der Waals surface area contributed by atoms with Crippen molar-refractivity contribution in [3.63, 3.8) is 0 Å². The van der Waals surface area contributed by atoms with Crippen LogP contribution in [0.15, 0.2) is 23.4 Å². The number of rotatable bonds is 5. The Hall–Kier alpha value is -1.18. The van der Waals surface area contributed by atoms with Crippen LogP contribution in [0.2, 0.25) is 0 Å². The number of hydrogen-bond donors (Lipinski definition) is 1. The van der Waals surface area contributed by atoms with Gasteiger partial charge in [-0.2, -0.15) is 4.31 Å². The molecule has 1 saturated heterocycles. The Labute approximate surface area is 127 Å². The molecule has 7 heteroatoms. The zero-order chi connectivity index (χ0) is 15.5. The normalized spacial score (nSPS) is 21.4. The van der Waals surface area contributed by atoms with E-state index in [0.717, 1.165) is 13.1 Å². The van der Waals surface area contributed by atoms with Crippen LogP contribution in [0.3, 0.4) is 0 Å². The Morgan fingerprint density at radius 2 is 2.14 bits per heavy atom. The van der Waals surface area contributed by atoms with Gasteiger partial charge in [0.05, 0.1) is 5.69 Å². The molecule has 0 saturated carbocycles. The third-order valence-corrected chi connectivity index (χ3v) is 5.80. The van der Waals surface area contributed by atoms with E-state index in [4.69, 9.17) is 0 Å². The average Bonchev–Trinajstić information content (AvgIpc) is 2.48. The number of aromatic nitrogens is 1. The van der Waals surface area contributed by atoms with Crippen molar-refractivity contribution in [2.75, 3.05) is 38.0 Å². The molecule has 0 radical (unpaired) electrons. The predicted molar refractivity (Wildman–Crippen MR) is 83.9 cm³/mol. The molecule has 1 atom stereocenters. The van der Waals surface area contributed by atoms with Crippen LogP contribution in [0.25, 0.3) is 0 Å². The molecule has 2 rings (SSSR count). The van der Waals surface area contributed by atoms with Gasteiger partial charge in [0.2, 0.25) is 10.0 Å². The van der Waals surface area contributed by atoms with Gasteiger partial charge >= 0.3 is 0 Å². The molecule has 0 aromatic carbocycles. The minimum absolute atomic E-state index is 0.234. The second-order valence-electron chi connectivity index (χ2n) is 5.24. The van der Waals surface area contributed by atoms with Crippen molar-refractivity contribution >= 4 is 15.7 Å². The quantitative estimate of drug-likeness (QED) is 0.886. The van der Waals surface area contributed by atoms with Gasteiger partial charge in [-0.15, -0.1) is 0 Å². The van der Waals surface area contributed by atoms with E-state index in [9.17, 15) is 8.42 Å². The van der Waals surface area contributed by atoms with Crippen LogP contribution in [0.1, 0.15) is 20.8 Å². The van der Waals surface area contributed by atoms with Gasteiger partial charge in [-0.1, -0.05) is 6.92 Å². The molecule has 1 N–H and O–H groups in total. The van der Waals surface area contributed by atoms with Crippen molar-refractivity contribution in [2.45, 2.75) is 31.7 Å². The molecule has 21 heavy (non-hydrogen) atoms. The van der Waals surface area contributed by atoms with Crippen molar-refractivity contribution in [1.29, 1.82) is 0 Å². The first kappa shape index (κ1) is 16.2. The Bertz CT molecular complexity index is 576. The Morgan fingerprint density at radius 3 is 2.76 bits per heavy atom. The second-order valence-corrected chi connectivity index (χ2v) is 7.15. The summed E-state index contributed by atoms with van der Waals surface area (Å²) in [5.41, 5.74) is 0.623. The van der Waals surface area contributed by atoms with Gasteiger partial charge in [0.25, 0.3) is 0 Å². The highest BCUT2D eigenvalue weighted by Gasteiger charge is 2.33. The number of nitrogens with zero attached hydrogens (tertiary/aromatic N) is 3. The summed E-state index contributed by atoms with van der Waals surface area (Å²) < 4.78 is 27.3. The van der Waals surface area contributed by atoms with E-state index in [0.29, 0.717) is 25.3 Å². The van der Waals surface area contributed by atoms with E-state index in [1.807, 2.05) is 6.92 Å². The summed E-state index contributed by atoms with van der Waals surface area (Å²) in [5, 5.41) is 3.10. The first-order chi connectivity index (χ1) is 10.0. The molecule has 0 aliphatic carbocycles. The summed E-state index contributed by atoms with van der Waals surface area (Å²) in [4.78, 5) is 6.54. The lowest BCUT2D eigenvalue weighted by Crippen LogP contribution is -2.53. The summed E-state index contributed by atoms with van der Waals surface area (Å²) in [6, 6.07) is 1.94. The zero-order valence-corrected chi connectivity index (χ0v) is 13.7. The Kier molecular flexibility index (Phi) is 5.18. The van der Waals surface area contributed by atoms with Gasteiger partial charge < -0.3 is 5.32 Å². The van der Waals surface area contributed by atoms with Crippen molar-refractivity contribution < 1.29 is 8.42 Å². The van der Waals surface area contributed by atoms with Crippen LogP contribution in [-0.2, 0) is 10.0 Å². The summed E-state index contributed by atoms with van der Waals surface area (Å²) >= 11 is 0. The maximum absolute atomic E-state index is 12.9. The van der Waals surface area contributed by atoms with Gasteiger partial charge in [-0.3, -0.25) is 9.88 Å². The minimum Gasteiger partial charge on any atom is -0.384 e. The molecule has 1 aromatic rings. The number of anilines is 1. The van der Waals surface area contributed by atoms with Gasteiger partial charge in [-0.05, 0) is 26.5 Å². The van der Waals surface area contributed by atoms with Gasteiger partial charge in [0.15, 0.2) is 0 Å². The third-order valence-electron chi connectivity index (χ3n) is 3.90. The largest absolute Gasteiger partial charge is 0.384 e. The number of sulfonamides is 1. The minimum atomic E-state index is -3.50. The predicted octanol–water partition coefficient (Wildman–Crippen LogP) is 1.23. The monoisotopic (exact) mass is 312 g/mol. The molecule has 6 nitrogen and oxygen atoms in total. The number of pyridine rings is 1. The summed E-state index contributed by atoms with van der Waals surface area (Å²) in [7, 11) is -3.50. The lowest BCUT2D eigenvalue weighted by Gasteiger charge is -2.38. The van der Waals surface area contributed by atoms with Crippen molar-refractivity contribution in [3.8, 4) is 0 Å². The van der Waals surface area contributed by atoms with Crippen LogP contribution >= 0.6 is 0 Å². The highest BCUT2D eigenvalue weighted by Crippen LogP contribution is 2.25. The molecular weight excluding hydrogens is 288 g/mol. The fraction of sp³-hybridized carbons (Fsp3) is 0.643.